The molecule has 1 N–H and O–H groups in total. The summed E-state index contributed by atoms with van der Waals surface area (Å²) in [6.45, 7) is 2.01. The number of benzene rings is 2. The lowest BCUT2D eigenvalue weighted by Gasteiger charge is -2.34. The quantitative estimate of drug-likeness (QED) is 0.709. The van der Waals surface area contributed by atoms with Crippen LogP contribution in [0.3, 0.4) is 0 Å². The van der Waals surface area contributed by atoms with Gasteiger partial charge in [-0.05, 0) is 79.5 Å². The molecule has 2 aromatic carbocycles. The van der Waals surface area contributed by atoms with E-state index < -0.39 is 0 Å². The zero-order valence-electron chi connectivity index (χ0n) is 17.1. The summed E-state index contributed by atoms with van der Waals surface area (Å²) in [6, 6.07) is 16.3. The second-order valence-corrected chi connectivity index (χ2v) is 8.40. The fourth-order valence-electron chi connectivity index (χ4n) is 4.68. The van der Waals surface area contributed by atoms with Crippen LogP contribution in [0, 0.1) is 18.3 Å². The Morgan fingerprint density at radius 3 is 2.73 bits per heavy atom. The van der Waals surface area contributed by atoms with Crippen molar-refractivity contribution in [3.63, 3.8) is 0 Å². The number of H-pyrrole nitrogens is 1. The smallest absolute Gasteiger partial charge is 0.254 e. The van der Waals surface area contributed by atoms with Crippen molar-refractivity contribution in [2.24, 2.45) is 0 Å². The maximum atomic E-state index is 13.5. The van der Waals surface area contributed by atoms with Gasteiger partial charge < -0.3 is 4.90 Å². The number of amides is 1. The molecule has 30 heavy (non-hydrogen) atoms. The van der Waals surface area contributed by atoms with Gasteiger partial charge in [0, 0.05) is 23.3 Å². The van der Waals surface area contributed by atoms with Crippen LogP contribution in [0.5, 0.6) is 0 Å². The fourth-order valence-corrected chi connectivity index (χ4v) is 4.68. The number of aryl methyl sites for hydroxylation is 2. The molecule has 0 saturated heterocycles. The van der Waals surface area contributed by atoms with Crippen molar-refractivity contribution in [3.8, 4) is 17.2 Å². The van der Waals surface area contributed by atoms with Crippen molar-refractivity contribution in [2.75, 3.05) is 0 Å². The summed E-state index contributed by atoms with van der Waals surface area (Å²) in [7, 11) is 0. The number of nitrogens with one attached hydrogen (secondary N) is 1. The fraction of sp³-hybridized carbons (Fsp3) is 0.320. The van der Waals surface area contributed by atoms with Crippen LogP contribution in [-0.2, 0) is 12.8 Å². The average Bonchev–Trinajstić information content (AvgIpc) is 3.49. The Balaban J connectivity index is 1.44. The molecule has 1 unspecified atom stereocenters. The molecule has 0 radical (unpaired) electrons. The molecule has 2 aliphatic carbocycles. The Morgan fingerprint density at radius 1 is 1.13 bits per heavy atom. The molecule has 3 aromatic rings. The van der Waals surface area contributed by atoms with Gasteiger partial charge >= 0.3 is 0 Å². The van der Waals surface area contributed by atoms with Crippen molar-refractivity contribution in [2.45, 2.75) is 51.1 Å². The summed E-state index contributed by atoms with van der Waals surface area (Å²) < 4.78 is 0. The zero-order valence-corrected chi connectivity index (χ0v) is 17.1. The highest BCUT2D eigenvalue weighted by Gasteiger charge is 2.39. The number of rotatable bonds is 4. The molecule has 5 rings (SSSR count). The van der Waals surface area contributed by atoms with Gasteiger partial charge in [-0.1, -0.05) is 24.3 Å². The molecule has 2 aliphatic rings. The highest BCUT2D eigenvalue weighted by Crippen LogP contribution is 2.35. The average molecular weight is 396 g/mol. The van der Waals surface area contributed by atoms with E-state index in [4.69, 9.17) is 0 Å². The molecule has 1 heterocycles. The van der Waals surface area contributed by atoms with E-state index in [1.54, 1.807) is 0 Å². The monoisotopic (exact) mass is 396 g/mol. The molecular formula is C25H24N4O. The summed E-state index contributed by atoms with van der Waals surface area (Å²) in [5, 5.41) is 16.7. The minimum atomic E-state index is 0.123. The molecule has 1 amide bonds. The third-order valence-corrected chi connectivity index (χ3v) is 6.37. The maximum absolute atomic E-state index is 13.5. The van der Waals surface area contributed by atoms with Gasteiger partial charge in [0.15, 0.2) is 0 Å². The summed E-state index contributed by atoms with van der Waals surface area (Å²) in [5.74, 6) is 0.123. The van der Waals surface area contributed by atoms with Crippen LogP contribution in [0.4, 0.5) is 0 Å². The molecule has 1 aromatic heterocycles. The normalized spacial score (nSPS) is 17.8. The Labute approximate surface area is 176 Å². The molecule has 0 bridgehead atoms. The Morgan fingerprint density at radius 2 is 1.97 bits per heavy atom. The van der Waals surface area contributed by atoms with Gasteiger partial charge in [-0.15, -0.1) is 0 Å². The molecule has 5 nitrogen and oxygen atoms in total. The second kappa shape index (κ2) is 7.46. The zero-order chi connectivity index (χ0) is 20.7. The standard InChI is InChI=1S/C25H24N4O/c1-16-12-17(6-10-22(16)23-5-3-2-4-18(23)14-26)25(30)29(20-7-8-20)21-9-11-24-19(13-21)15-27-28-24/h2-6,10,12,15,20-21H,7-9,11,13H2,1H3,(H,27,28). The number of nitrogens with zero attached hydrogens (tertiary/aromatic N) is 3. The lowest BCUT2D eigenvalue weighted by molar-refractivity contribution is 0.0642. The van der Waals surface area contributed by atoms with E-state index in [-0.39, 0.29) is 11.9 Å². The van der Waals surface area contributed by atoms with Gasteiger partial charge in [-0.2, -0.15) is 10.4 Å². The minimum absolute atomic E-state index is 0.123. The summed E-state index contributed by atoms with van der Waals surface area (Å²) in [5.41, 5.74) is 6.76. The Hall–Kier alpha value is -3.39. The van der Waals surface area contributed by atoms with Gasteiger partial charge in [-0.25, -0.2) is 0 Å². The number of carbonyl (C=O) groups excluding carboxylic acids is 1. The third-order valence-electron chi connectivity index (χ3n) is 6.37. The van der Waals surface area contributed by atoms with E-state index in [0.717, 1.165) is 54.4 Å². The van der Waals surface area contributed by atoms with Crippen LogP contribution in [0.15, 0.2) is 48.7 Å². The maximum Gasteiger partial charge on any atom is 0.254 e. The molecule has 1 fully saturated rings. The van der Waals surface area contributed by atoms with Gasteiger partial charge in [0.25, 0.3) is 5.91 Å². The predicted octanol–water partition coefficient (Wildman–Crippen LogP) is 4.42. The van der Waals surface area contributed by atoms with Crippen LogP contribution >= 0.6 is 0 Å². The summed E-state index contributed by atoms with van der Waals surface area (Å²) in [6.07, 6.45) is 6.88. The van der Waals surface area contributed by atoms with Crippen LogP contribution < -0.4 is 0 Å². The number of fused-ring (bicyclic) bond motifs is 1. The van der Waals surface area contributed by atoms with Gasteiger partial charge in [-0.3, -0.25) is 9.89 Å². The van der Waals surface area contributed by atoms with Crippen molar-refractivity contribution >= 4 is 5.91 Å². The van der Waals surface area contributed by atoms with E-state index >= 15 is 0 Å². The number of aromatic nitrogens is 2. The molecule has 150 valence electrons. The van der Waals surface area contributed by atoms with E-state index in [2.05, 4.69) is 21.2 Å². The molecule has 1 saturated carbocycles. The van der Waals surface area contributed by atoms with Gasteiger partial charge in [0.2, 0.25) is 0 Å². The van der Waals surface area contributed by atoms with Gasteiger partial charge in [0.1, 0.15) is 0 Å². The topological polar surface area (TPSA) is 72.8 Å². The number of carbonyl (C=O) groups is 1. The highest BCUT2D eigenvalue weighted by molar-refractivity contribution is 5.96. The first-order valence-electron chi connectivity index (χ1n) is 10.6. The lowest BCUT2D eigenvalue weighted by Crippen LogP contribution is -2.44. The number of hydrogen-bond acceptors (Lipinski definition) is 3. The molecule has 5 heteroatoms. The van der Waals surface area contributed by atoms with Gasteiger partial charge in [0.05, 0.1) is 17.8 Å². The van der Waals surface area contributed by atoms with E-state index in [1.165, 1.54) is 11.3 Å². The molecule has 1 atom stereocenters. The Bertz CT molecular complexity index is 1150. The van der Waals surface area contributed by atoms with Crippen molar-refractivity contribution < 1.29 is 4.79 Å². The molecule has 0 aliphatic heterocycles. The number of nitriles is 1. The van der Waals surface area contributed by atoms with Crippen molar-refractivity contribution in [3.05, 3.63) is 76.6 Å². The van der Waals surface area contributed by atoms with Crippen molar-refractivity contribution in [1.82, 2.24) is 15.1 Å². The van der Waals surface area contributed by atoms with E-state index in [9.17, 15) is 10.1 Å². The molecular weight excluding hydrogens is 372 g/mol. The van der Waals surface area contributed by atoms with Crippen LogP contribution in [0.2, 0.25) is 0 Å². The second-order valence-electron chi connectivity index (χ2n) is 8.40. The largest absolute Gasteiger partial charge is 0.332 e. The Kier molecular flexibility index (Phi) is 4.63. The van der Waals surface area contributed by atoms with Crippen LogP contribution in [-0.4, -0.2) is 33.1 Å². The summed E-state index contributed by atoms with van der Waals surface area (Å²) >= 11 is 0. The SMILES string of the molecule is Cc1cc(C(=O)N(C2CC2)C2CCc3[nH]ncc3C2)ccc1-c1ccccc1C#N. The van der Waals surface area contributed by atoms with Crippen LogP contribution in [0.1, 0.15) is 52.0 Å². The first kappa shape index (κ1) is 18.6. The highest BCUT2D eigenvalue weighted by atomic mass is 16.2. The number of hydrogen-bond donors (Lipinski definition) is 1. The minimum Gasteiger partial charge on any atom is -0.332 e. The number of aromatic amines is 1. The van der Waals surface area contributed by atoms with E-state index in [0.29, 0.717) is 11.6 Å². The third kappa shape index (κ3) is 3.29. The van der Waals surface area contributed by atoms with Crippen LogP contribution in [0.25, 0.3) is 11.1 Å². The summed E-state index contributed by atoms with van der Waals surface area (Å²) in [4.78, 5) is 15.7. The predicted molar refractivity (Wildman–Crippen MR) is 115 cm³/mol. The lowest BCUT2D eigenvalue weighted by atomic mass is 9.91. The molecule has 0 spiro atoms. The van der Waals surface area contributed by atoms with Crippen molar-refractivity contribution in [1.29, 1.82) is 5.26 Å². The van der Waals surface area contributed by atoms with E-state index in [1.807, 2.05) is 55.6 Å². The first-order chi connectivity index (χ1) is 14.7. The first-order valence-corrected chi connectivity index (χ1v) is 10.6.